The molecule has 0 amide bonds. The first-order valence-corrected chi connectivity index (χ1v) is 15.6. The van der Waals surface area contributed by atoms with E-state index in [9.17, 15) is 29.2 Å². The van der Waals surface area contributed by atoms with E-state index in [2.05, 4.69) is 21.5 Å². The first-order valence-electron chi connectivity index (χ1n) is 14.2. The van der Waals surface area contributed by atoms with E-state index in [0.717, 1.165) is 37.5 Å². The Balaban J connectivity index is 2.66. The molecule has 236 valence electrons. The maximum absolute atomic E-state index is 12.8. The summed E-state index contributed by atoms with van der Waals surface area (Å²) in [5.74, 6) is -1.65. The van der Waals surface area contributed by atoms with Crippen LogP contribution in [0.3, 0.4) is 0 Å². The van der Waals surface area contributed by atoms with Gasteiger partial charge in [-0.3, -0.25) is 24.0 Å². The lowest BCUT2D eigenvalue weighted by atomic mass is 10.1. The number of phosphoric acid groups is 1. The first kappa shape index (κ1) is 37.0. The molecule has 15 nitrogen and oxygen atoms in total. The zero-order valence-electron chi connectivity index (χ0n) is 24.1. The first-order chi connectivity index (χ1) is 20.1. The van der Waals surface area contributed by atoms with Crippen LogP contribution in [0.1, 0.15) is 94.3 Å². The fourth-order valence-electron chi connectivity index (χ4n) is 3.84. The molecule has 2 atom stereocenters. The lowest BCUT2D eigenvalue weighted by Crippen LogP contribution is -2.29. The number of unbranched alkanes of at least 4 members (excludes halogenated alkanes) is 10. The van der Waals surface area contributed by atoms with Gasteiger partial charge in [0.05, 0.1) is 29.4 Å². The third-order valence-corrected chi connectivity index (χ3v) is 7.03. The molecule has 1 rings (SSSR count). The SMILES string of the molecule is CCCCCCCCCCCCCC(=O)OCC(COP(=O)(O)OCCN)OC(=O)c1ccc([N+](=O)[O-])cc1N=[N+]=[N-]. The molecule has 3 N–H and O–H groups in total. The number of benzene rings is 1. The predicted octanol–water partition coefficient (Wildman–Crippen LogP) is 6.40. The third kappa shape index (κ3) is 16.4. The third-order valence-electron chi connectivity index (χ3n) is 6.05. The number of nitro groups is 1. The number of rotatable bonds is 24. The van der Waals surface area contributed by atoms with Crippen LogP contribution in [0.5, 0.6) is 0 Å². The molecule has 16 heteroatoms. The second-order valence-corrected chi connectivity index (χ2v) is 11.0. The summed E-state index contributed by atoms with van der Waals surface area (Å²) in [7, 11) is -4.56. The summed E-state index contributed by atoms with van der Waals surface area (Å²) in [4.78, 5) is 47.7. The van der Waals surface area contributed by atoms with Crippen molar-refractivity contribution >= 4 is 31.1 Å². The number of esters is 2. The van der Waals surface area contributed by atoms with Gasteiger partial charge in [0.1, 0.15) is 6.61 Å². The normalized spacial score (nSPS) is 13.0. The number of hydrogen-bond acceptors (Lipinski definition) is 11. The van der Waals surface area contributed by atoms with Gasteiger partial charge >= 0.3 is 19.8 Å². The molecule has 0 radical (unpaired) electrons. The van der Waals surface area contributed by atoms with Gasteiger partial charge in [0.2, 0.25) is 0 Å². The van der Waals surface area contributed by atoms with Gasteiger partial charge in [-0.15, -0.1) is 0 Å². The van der Waals surface area contributed by atoms with Crippen molar-refractivity contribution in [1.82, 2.24) is 0 Å². The van der Waals surface area contributed by atoms with E-state index >= 15 is 0 Å². The van der Waals surface area contributed by atoms with Gasteiger partial charge in [-0.25, -0.2) is 9.36 Å². The van der Waals surface area contributed by atoms with Crippen LogP contribution in [0, 0.1) is 10.1 Å². The molecule has 0 heterocycles. The van der Waals surface area contributed by atoms with Crippen molar-refractivity contribution < 1.29 is 42.5 Å². The molecule has 0 fully saturated rings. The van der Waals surface area contributed by atoms with E-state index in [0.29, 0.717) is 6.42 Å². The smallest absolute Gasteiger partial charge is 0.462 e. The Labute approximate surface area is 245 Å². The second kappa shape index (κ2) is 21.6. The number of hydrogen-bond donors (Lipinski definition) is 2. The highest BCUT2D eigenvalue weighted by Crippen LogP contribution is 2.43. The largest absolute Gasteiger partial charge is 0.472 e. The molecule has 0 aromatic heterocycles. The number of carbonyl (C=O) groups is 2. The topological polar surface area (TPSA) is 226 Å². The van der Waals surface area contributed by atoms with Gasteiger partial charge in [-0.05, 0) is 18.0 Å². The zero-order valence-corrected chi connectivity index (χ0v) is 25.0. The predicted molar refractivity (Wildman–Crippen MR) is 154 cm³/mol. The molecule has 0 aliphatic carbocycles. The number of nitro benzene ring substituents is 1. The van der Waals surface area contributed by atoms with E-state index < -0.39 is 49.7 Å². The van der Waals surface area contributed by atoms with Crippen LogP contribution in [0.15, 0.2) is 23.3 Å². The summed E-state index contributed by atoms with van der Waals surface area (Å²) in [6.07, 6.45) is 11.1. The average Bonchev–Trinajstić information content (AvgIpc) is 2.96. The van der Waals surface area contributed by atoms with Gasteiger partial charge in [0, 0.05) is 30.0 Å². The van der Waals surface area contributed by atoms with Gasteiger partial charge in [-0.2, -0.15) is 0 Å². The molecule has 1 aromatic carbocycles. The van der Waals surface area contributed by atoms with E-state index in [1.54, 1.807) is 0 Å². The van der Waals surface area contributed by atoms with E-state index in [1.807, 2.05) is 0 Å². The van der Waals surface area contributed by atoms with Crippen LogP contribution in [0.25, 0.3) is 10.4 Å². The Morgan fingerprint density at radius 1 is 1.07 bits per heavy atom. The lowest BCUT2D eigenvalue weighted by Gasteiger charge is -2.20. The van der Waals surface area contributed by atoms with E-state index in [1.165, 1.54) is 44.9 Å². The summed E-state index contributed by atoms with van der Waals surface area (Å²) >= 11 is 0. The van der Waals surface area contributed by atoms with Crippen LogP contribution in [-0.2, 0) is 27.9 Å². The van der Waals surface area contributed by atoms with Crippen LogP contribution in [-0.4, -0.2) is 54.2 Å². The molecule has 0 saturated carbocycles. The van der Waals surface area contributed by atoms with Gasteiger partial charge in [0.25, 0.3) is 5.69 Å². The van der Waals surface area contributed by atoms with E-state index in [-0.39, 0.29) is 30.8 Å². The standard InChI is InChI=1S/C26H42N5O10P/c1-2-3-4-5-6-7-8-9-10-11-12-13-25(32)38-19-22(20-40-42(36,37)39-17-16-27)41-26(33)23-15-14-21(31(34)35)18-24(23)29-30-28/h14-15,18,22H,2-13,16-17,19-20,27H2,1H3,(H,36,37). The summed E-state index contributed by atoms with van der Waals surface area (Å²) in [6.45, 7) is 0.668. The zero-order chi connectivity index (χ0) is 31.2. The molecule has 42 heavy (non-hydrogen) atoms. The maximum Gasteiger partial charge on any atom is 0.472 e. The molecular formula is C26H42N5O10P. The Bertz CT molecular complexity index is 1080. The van der Waals surface area contributed by atoms with Crippen molar-refractivity contribution in [3.63, 3.8) is 0 Å². The highest BCUT2D eigenvalue weighted by Gasteiger charge is 2.27. The van der Waals surface area contributed by atoms with Crippen molar-refractivity contribution in [2.24, 2.45) is 10.8 Å². The lowest BCUT2D eigenvalue weighted by molar-refractivity contribution is -0.384. The van der Waals surface area contributed by atoms with E-state index in [4.69, 9.17) is 25.3 Å². The number of non-ortho nitro benzene ring substituents is 1. The van der Waals surface area contributed by atoms with Gasteiger partial charge < -0.3 is 20.1 Å². The maximum atomic E-state index is 12.8. The summed E-state index contributed by atoms with van der Waals surface area (Å²) in [5, 5.41) is 14.3. The molecule has 0 spiro atoms. The quantitative estimate of drug-likeness (QED) is 0.0189. The Kier molecular flexibility index (Phi) is 19.0. The number of azide groups is 1. The Hall–Kier alpha value is -3.06. The molecule has 0 aliphatic rings. The summed E-state index contributed by atoms with van der Waals surface area (Å²) in [5.41, 5.74) is 12.9. The fraction of sp³-hybridized carbons (Fsp3) is 0.692. The van der Waals surface area contributed by atoms with Crippen LogP contribution >= 0.6 is 7.82 Å². The van der Waals surface area contributed by atoms with Crippen molar-refractivity contribution in [3.05, 3.63) is 44.3 Å². The summed E-state index contributed by atoms with van der Waals surface area (Å²) in [6, 6.07) is 2.93. The monoisotopic (exact) mass is 615 g/mol. The van der Waals surface area contributed by atoms with Crippen molar-refractivity contribution in [2.45, 2.75) is 90.1 Å². The molecule has 2 unspecified atom stereocenters. The molecule has 0 aliphatic heterocycles. The van der Waals surface area contributed by atoms with Crippen LogP contribution < -0.4 is 5.73 Å². The number of phosphoric ester groups is 1. The summed E-state index contributed by atoms with van der Waals surface area (Å²) < 4.78 is 32.0. The number of carbonyl (C=O) groups excluding carboxylic acids is 2. The van der Waals surface area contributed by atoms with Crippen molar-refractivity contribution in [2.75, 3.05) is 26.4 Å². The molecule has 0 saturated heterocycles. The van der Waals surface area contributed by atoms with Crippen molar-refractivity contribution in [1.29, 1.82) is 0 Å². The number of ether oxygens (including phenoxy) is 2. The molecule has 0 bridgehead atoms. The highest BCUT2D eigenvalue weighted by atomic mass is 31.2. The average molecular weight is 616 g/mol. The number of nitrogens with two attached hydrogens (primary N) is 1. The van der Waals surface area contributed by atoms with Gasteiger partial charge in [-0.1, -0.05) is 76.2 Å². The minimum Gasteiger partial charge on any atom is -0.462 e. The molecule has 1 aromatic rings. The second-order valence-electron chi connectivity index (χ2n) is 9.53. The highest BCUT2D eigenvalue weighted by molar-refractivity contribution is 7.47. The van der Waals surface area contributed by atoms with Crippen molar-refractivity contribution in [3.8, 4) is 0 Å². The minimum absolute atomic E-state index is 0.0503. The van der Waals surface area contributed by atoms with Crippen LogP contribution in [0.4, 0.5) is 11.4 Å². The van der Waals surface area contributed by atoms with Gasteiger partial charge in [0.15, 0.2) is 6.10 Å². The minimum atomic E-state index is -4.56. The fourth-order valence-corrected chi connectivity index (χ4v) is 4.61. The molecular weight excluding hydrogens is 573 g/mol. The Morgan fingerprint density at radius 3 is 2.26 bits per heavy atom. The van der Waals surface area contributed by atoms with Crippen LogP contribution in [0.2, 0.25) is 0 Å². The number of nitrogens with zero attached hydrogens (tertiary/aromatic N) is 4. The Morgan fingerprint density at radius 2 is 1.69 bits per heavy atom.